The molecule has 0 aliphatic heterocycles. The summed E-state index contributed by atoms with van der Waals surface area (Å²) >= 11 is 0. The molecular formula is C15H21NO4. The van der Waals surface area contributed by atoms with E-state index in [-0.39, 0.29) is 13.0 Å². The Balaban J connectivity index is 3.05. The Morgan fingerprint density at radius 2 is 1.95 bits per heavy atom. The first-order chi connectivity index (χ1) is 9.39. The third-order valence-corrected chi connectivity index (χ3v) is 2.46. The maximum atomic E-state index is 12.3. The fourth-order valence-corrected chi connectivity index (χ4v) is 1.66. The van der Waals surface area contributed by atoms with E-state index in [1.807, 2.05) is 6.07 Å². The highest BCUT2D eigenvalue weighted by Gasteiger charge is 2.24. The van der Waals surface area contributed by atoms with Crippen LogP contribution in [0.15, 0.2) is 24.3 Å². The molecule has 1 aromatic rings. The number of hydrogen-bond acceptors (Lipinski definition) is 4. The van der Waals surface area contributed by atoms with Gasteiger partial charge in [0.05, 0.1) is 12.8 Å². The molecule has 0 heterocycles. The molecule has 0 atom stereocenters. The number of hydrogen-bond donors (Lipinski definition) is 0. The number of ether oxygens (including phenoxy) is 2. The number of methoxy groups -OCH3 is 1. The molecule has 0 N–H and O–H groups in total. The molecule has 0 aromatic heterocycles. The van der Waals surface area contributed by atoms with Gasteiger partial charge in [0, 0.05) is 13.0 Å². The molecule has 1 rings (SSSR count). The zero-order valence-corrected chi connectivity index (χ0v) is 12.4. The van der Waals surface area contributed by atoms with Crippen molar-refractivity contribution in [3.63, 3.8) is 0 Å². The molecule has 1 amide bonds. The van der Waals surface area contributed by atoms with Gasteiger partial charge >= 0.3 is 6.09 Å². The van der Waals surface area contributed by atoms with E-state index in [9.17, 15) is 9.59 Å². The van der Waals surface area contributed by atoms with Crippen LogP contribution in [-0.2, 0) is 9.53 Å². The van der Waals surface area contributed by atoms with Crippen LogP contribution in [0.2, 0.25) is 0 Å². The molecule has 20 heavy (non-hydrogen) atoms. The second kappa shape index (κ2) is 6.93. The second-order valence-corrected chi connectivity index (χ2v) is 5.26. The lowest BCUT2D eigenvalue weighted by Gasteiger charge is -2.28. The summed E-state index contributed by atoms with van der Waals surface area (Å²) in [6, 6.07) is 7.13. The molecule has 5 nitrogen and oxygen atoms in total. The number of anilines is 1. The van der Waals surface area contributed by atoms with Crippen LogP contribution in [0.1, 0.15) is 27.2 Å². The van der Waals surface area contributed by atoms with Gasteiger partial charge in [0.2, 0.25) is 0 Å². The molecule has 5 heteroatoms. The topological polar surface area (TPSA) is 55.8 Å². The first-order valence-electron chi connectivity index (χ1n) is 6.46. The van der Waals surface area contributed by atoms with E-state index < -0.39 is 11.7 Å². The standard InChI is InChI=1S/C15H21NO4/c1-15(2,3)20-14(18)16(10-7-11-17)12-8-5-6-9-13(12)19-4/h5-6,8-9,11H,7,10H2,1-4H3. The Morgan fingerprint density at radius 3 is 2.50 bits per heavy atom. The first-order valence-corrected chi connectivity index (χ1v) is 6.46. The quantitative estimate of drug-likeness (QED) is 0.777. The lowest BCUT2D eigenvalue weighted by molar-refractivity contribution is -0.107. The van der Waals surface area contributed by atoms with Gasteiger partial charge in [-0.25, -0.2) is 4.79 Å². The van der Waals surface area contributed by atoms with Crippen LogP contribution < -0.4 is 9.64 Å². The molecular weight excluding hydrogens is 258 g/mol. The molecule has 0 aliphatic rings. The lowest BCUT2D eigenvalue weighted by Crippen LogP contribution is -2.37. The molecule has 0 saturated carbocycles. The highest BCUT2D eigenvalue weighted by molar-refractivity contribution is 5.90. The monoisotopic (exact) mass is 279 g/mol. The van der Waals surface area contributed by atoms with E-state index in [2.05, 4.69) is 0 Å². The summed E-state index contributed by atoms with van der Waals surface area (Å²) in [6.45, 7) is 5.64. The Hall–Kier alpha value is -2.04. The van der Waals surface area contributed by atoms with E-state index >= 15 is 0 Å². The van der Waals surface area contributed by atoms with Crippen LogP contribution in [0, 0.1) is 0 Å². The summed E-state index contributed by atoms with van der Waals surface area (Å²) < 4.78 is 10.6. The van der Waals surface area contributed by atoms with Crippen LogP contribution in [0.25, 0.3) is 0 Å². The average Bonchev–Trinajstić information content (AvgIpc) is 2.37. The highest BCUT2D eigenvalue weighted by atomic mass is 16.6. The van der Waals surface area contributed by atoms with Crippen molar-refractivity contribution in [1.82, 2.24) is 0 Å². The van der Waals surface area contributed by atoms with Crippen LogP contribution in [0.5, 0.6) is 5.75 Å². The van der Waals surface area contributed by atoms with Crippen molar-refractivity contribution in [3.8, 4) is 5.75 Å². The predicted octanol–water partition coefficient (Wildman–Crippen LogP) is 3.03. The average molecular weight is 279 g/mol. The number of nitrogens with zero attached hydrogens (tertiary/aromatic N) is 1. The SMILES string of the molecule is COc1ccccc1N(CCC=O)C(=O)OC(C)(C)C. The van der Waals surface area contributed by atoms with Crippen molar-refractivity contribution < 1.29 is 19.1 Å². The predicted molar refractivity (Wildman–Crippen MR) is 77.3 cm³/mol. The van der Waals surface area contributed by atoms with Gasteiger partial charge < -0.3 is 14.3 Å². The molecule has 0 aliphatic carbocycles. The van der Waals surface area contributed by atoms with Crippen molar-refractivity contribution in [2.24, 2.45) is 0 Å². The number of carbonyl (C=O) groups excluding carboxylic acids is 2. The Kier molecular flexibility index (Phi) is 5.55. The fraction of sp³-hybridized carbons (Fsp3) is 0.467. The molecule has 0 radical (unpaired) electrons. The zero-order chi connectivity index (χ0) is 15.2. The fourth-order valence-electron chi connectivity index (χ4n) is 1.66. The van der Waals surface area contributed by atoms with Gasteiger partial charge in [0.1, 0.15) is 17.6 Å². The summed E-state index contributed by atoms with van der Waals surface area (Å²) in [5.41, 5.74) is -0.00970. The normalized spacial score (nSPS) is 10.8. The number of benzene rings is 1. The molecule has 0 spiro atoms. The maximum absolute atomic E-state index is 12.3. The van der Waals surface area contributed by atoms with Crippen molar-refractivity contribution in [2.45, 2.75) is 32.8 Å². The minimum absolute atomic E-state index is 0.233. The minimum atomic E-state index is -0.599. The molecule has 0 unspecified atom stereocenters. The minimum Gasteiger partial charge on any atom is -0.495 e. The molecule has 0 fully saturated rings. The number of rotatable bonds is 5. The molecule has 0 saturated heterocycles. The van der Waals surface area contributed by atoms with Crippen LogP contribution >= 0.6 is 0 Å². The van der Waals surface area contributed by atoms with Gasteiger partial charge in [-0.1, -0.05) is 12.1 Å². The van der Waals surface area contributed by atoms with E-state index in [4.69, 9.17) is 9.47 Å². The van der Waals surface area contributed by atoms with Crippen molar-refractivity contribution in [3.05, 3.63) is 24.3 Å². The summed E-state index contributed by atoms with van der Waals surface area (Å²) in [7, 11) is 1.53. The maximum Gasteiger partial charge on any atom is 0.414 e. The summed E-state index contributed by atoms with van der Waals surface area (Å²) in [5, 5.41) is 0. The van der Waals surface area contributed by atoms with Gasteiger partial charge in [-0.2, -0.15) is 0 Å². The smallest absolute Gasteiger partial charge is 0.414 e. The third kappa shape index (κ3) is 4.57. The molecule has 0 bridgehead atoms. The summed E-state index contributed by atoms with van der Waals surface area (Å²) in [4.78, 5) is 24.3. The Morgan fingerprint density at radius 1 is 1.30 bits per heavy atom. The van der Waals surface area contributed by atoms with Crippen molar-refractivity contribution in [2.75, 3.05) is 18.6 Å². The van der Waals surface area contributed by atoms with Crippen LogP contribution in [-0.4, -0.2) is 31.6 Å². The van der Waals surface area contributed by atoms with Gasteiger partial charge in [0.15, 0.2) is 0 Å². The largest absolute Gasteiger partial charge is 0.495 e. The van der Waals surface area contributed by atoms with Crippen LogP contribution in [0.4, 0.5) is 10.5 Å². The highest BCUT2D eigenvalue weighted by Crippen LogP contribution is 2.29. The van der Waals surface area contributed by atoms with Crippen LogP contribution in [0.3, 0.4) is 0 Å². The number of para-hydroxylation sites is 2. The van der Waals surface area contributed by atoms with Gasteiger partial charge in [0.25, 0.3) is 0 Å². The number of aldehydes is 1. The first kappa shape index (κ1) is 16.0. The zero-order valence-electron chi connectivity index (χ0n) is 12.4. The second-order valence-electron chi connectivity index (χ2n) is 5.26. The van der Waals surface area contributed by atoms with E-state index in [1.54, 1.807) is 39.0 Å². The number of carbonyl (C=O) groups is 2. The summed E-state index contributed by atoms with van der Waals surface area (Å²) in [5.74, 6) is 0.559. The van der Waals surface area contributed by atoms with Crippen molar-refractivity contribution in [1.29, 1.82) is 0 Å². The summed E-state index contributed by atoms with van der Waals surface area (Å²) in [6.07, 6.45) is 0.508. The third-order valence-electron chi connectivity index (χ3n) is 2.46. The molecule has 1 aromatic carbocycles. The number of amides is 1. The Labute approximate surface area is 119 Å². The van der Waals surface area contributed by atoms with E-state index in [0.717, 1.165) is 6.29 Å². The Bertz CT molecular complexity index is 465. The lowest BCUT2D eigenvalue weighted by atomic mass is 10.2. The van der Waals surface area contributed by atoms with E-state index in [1.165, 1.54) is 12.0 Å². The molecule has 110 valence electrons. The van der Waals surface area contributed by atoms with E-state index in [0.29, 0.717) is 11.4 Å². The van der Waals surface area contributed by atoms with Gasteiger partial charge in [-0.05, 0) is 32.9 Å². The van der Waals surface area contributed by atoms with Gasteiger partial charge in [-0.3, -0.25) is 4.90 Å². The van der Waals surface area contributed by atoms with Gasteiger partial charge in [-0.15, -0.1) is 0 Å². The van der Waals surface area contributed by atoms with Crippen molar-refractivity contribution >= 4 is 18.1 Å².